The predicted octanol–water partition coefficient (Wildman–Crippen LogP) is 12.8. The first-order valence-corrected chi connectivity index (χ1v) is 18.2. The van der Waals surface area contributed by atoms with E-state index < -0.39 is 0 Å². The van der Waals surface area contributed by atoms with Crippen LogP contribution in [0, 0.1) is 0 Å². The van der Waals surface area contributed by atoms with Crippen LogP contribution < -0.4 is 0 Å². The quantitative estimate of drug-likeness (QED) is 0.186. The SMILES string of the molecule is CC1(C)c2cc3oc4ccccc4c3cc2-c2cc3c4ccccc4n(-c4cccc(-c5nc(-c6ccccc6)cc(-c6ccccc6)n5)c4)c3cc21. The summed E-state index contributed by atoms with van der Waals surface area (Å²) in [5, 5.41) is 4.78. The molecule has 1 aliphatic rings. The normalized spacial score (nSPS) is 13.2. The second-order valence-electron chi connectivity index (χ2n) is 14.6. The molecular weight excluding hydrogens is 647 g/mol. The van der Waals surface area contributed by atoms with Crippen LogP contribution in [0.1, 0.15) is 25.0 Å². The van der Waals surface area contributed by atoms with Crippen LogP contribution in [-0.4, -0.2) is 14.5 Å². The zero-order valence-electron chi connectivity index (χ0n) is 29.3. The van der Waals surface area contributed by atoms with E-state index in [2.05, 4.69) is 164 Å². The van der Waals surface area contributed by atoms with Crippen molar-refractivity contribution in [1.29, 1.82) is 0 Å². The lowest BCUT2D eigenvalue weighted by Crippen LogP contribution is -2.15. The minimum Gasteiger partial charge on any atom is -0.456 e. The van der Waals surface area contributed by atoms with E-state index in [4.69, 9.17) is 14.4 Å². The molecular formula is C49H33N3O. The zero-order valence-corrected chi connectivity index (χ0v) is 29.3. The third-order valence-corrected chi connectivity index (χ3v) is 11.2. The molecule has 4 nitrogen and oxygen atoms in total. The molecule has 0 atom stereocenters. The highest BCUT2D eigenvalue weighted by molar-refractivity contribution is 6.13. The highest BCUT2D eigenvalue weighted by atomic mass is 16.3. The van der Waals surface area contributed by atoms with Gasteiger partial charge in [0.05, 0.1) is 22.4 Å². The number of para-hydroxylation sites is 2. The van der Waals surface area contributed by atoms with Crippen LogP contribution in [-0.2, 0) is 5.41 Å². The smallest absolute Gasteiger partial charge is 0.160 e. The van der Waals surface area contributed by atoms with Crippen molar-refractivity contribution in [1.82, 2.24) is 14.5 Å². The van der Waals surface area contributed by atoms with Crippen molar-refractivity contribution in [2.75, 3.05) is 0 Å². The molecule has 0 aliphatic heterocycles. The molecule has 4 heteroatoms. The number of aromatic nitrogens is 3. The summed E-state index contributed by atoms with van der Waals surface area (Å²) in [6.07, 6.45) is 0. The van der Waals surface area contributed by atoms with Gasteiger partial charge in [-0.25, -0.2) is 9.97 Å². The van der Waals surface area contributed by atoms with Gasteiger partial charge in [0, 0.05) is 49.3 Å². The fraction of sp³-hybridized carbons (Fsp3) is 0.0612. The maximum Gasteiger partial charge on any atom is 0.160 e. The first kappa shape index (κ1) is 29.9. The van der Waals surface area contributed by atoms with Crippen molar-refractivity contribution >= 4 is 43.7 Å². The first-order valence-electron chi connectivity index (χ1n) is 18.2. The van der Waals surface area contributed by atoms with E-state index in [1.807, 2.05) is 18.2 Å². The van der Waals surface area contributed by atoms with Gasteiger partial charge in [0.15, 0.2) is 5.82 Å². The molecule has 10 aromatic rings. The Labute approximate surface area is 306 Å². The molecule has 3 heterocycles. The molecule has 11 rings (SSSR count). The fourth-order valence-electron chi connectivity index (χ4n) is 8.56. The third kappa shape index (κ3) is 4.49. The van der Waals surface area contributed by atoms with Crippen molar-refractivity contribution in [2.45, 2.75) is 19.3 Å². The van der Waals surface area contributed by atoms with Crippen molar-refractivity contribution in [3.05, 3.63) is 175 Å². The van der Waals surface area contributed by atoms with Crippen molar-refractivity contribution in [3.8, 4) is 50.7 Å². The average Bonchev–Trinajstić information content (AvgIpc) is 3.82. The molecule has 0 N–H and O–H groups in total. The van der Waals surface area contributed by atoms with Gasteiger partial charge in [0.25, 0.3) is 0 Å². The van der Waals surface area contributed by atoms with Crippen LogP contribution in [0.2, 0.25) is 0 Å². The molecule has 0 spiro atoms. The first-order chi connectivity index (χ1) is 26.0. The summed E-state index contributed by atoms with van der Waals surface area (Å²) in [6, 6.07) is 58.0. The largest absolute Gasteiger partial charge is 0.456 e. The van der Waals surface area contributed by atoms with Gasteiger partial charge >= 0.3 is 0 Å². The lowest BCUT2D eigenvalue weighted by Gasteiger charge is -2.21. The van der Waals surface area contributed by atoms with Gasteiger partial charge in [0.1, 0.15) is 11.2 Å². The molecule has 0 saturated carbocycles. The molecule has 0 fully saturated rings. The fourth-order valence-corrected chi connectivity index (χ4v) is 8.56. The Morgan fingerprint density at radius 3 is 1.79 bits per heavy atom. The Morgan fingerprint density at radius 2 is 1.06 bits per heavy atom. The van der Waals surface area contributed by atoms with E-state index in [9.17, 15) is 0 Å². The van der Waals surface area contributed by atoms with Crippen LogP contribution in [0.25, 0.3) is 94.5 Å². The molecule has 1 aliphatic carbocycles. The summed E-state index contributed by atoms with van der Waals surface area (Å²) in [4.78, 5) is 10.3. The molecule has 0 radical (unpaired) electrons. The molecule has 0 amide bonds. The third-order valence-electron chi connectivity index (χ3n) is 11.2. The van der Waals surface area contributed by atoms with Crippen LogP contribution >= 0.6 is 0 Å². The number of furan rings is 1. The Hall–Kier alpha value is -6.78. The summed E-state index contributed by atoms with van der Waals surface area (Å²) in [6.45, 7) is 4.68. The Morgan fingerprint density at radius 1 is 0.453 bits per heavy atom. The van der Waals surface area contributed by atoms with Gasteiger partial charge in [-0.1, -0.05) is 123 Å². The Balaban J connectivity index is 1.11. The lowest BCUT2D eigenvalue weighted by molar-refractivity contribution is 0.647. The van der Waals surface area contributed by atoms with Gasteiger partial charge in [0.2, 0.25) is 0 Å². The Bertz CT molecular complexity index is 3020. The Kier molecular flexibility index (Phi) is 6.27. The molecule has 3 aromatic heterocycles. The van der Waals surface area contributed by atoms with Crippen LogP contribution in [0.5, 0.6) is 0 Å². The highest BCUT2D eigenvalue weighted by Crippen LogP contribution is 2.53. The van der Waals surface area contributed by atoms with Crippen molar-refractivity contribution < 1.29 is 4.42 Å². The van der Waals surface area contributed by atoms with Crippen molar-refractivity contribution in [3.63, 3.8) is 0 Å². The maximum absolute atomic E-state index is 6.37. The van der Waals surface area contributed by atoms with Crippen LogP contribution in [0.15, 0.2) is 168 Å². The number of hydrogen-bond donors (Lipinski definition) is 0. The minimum atomic E-state index is -0.214. The lowest BCUT2D eigenvalue weighted by atomic mass is 9.82. The highest BCUT2D eigenvalue weighted by Gasteiger charge is 2.37. The summed E-state index contributed by atoms with van der Waals surface area (Å²) in [7, 11) is 0. The molecule has 0 unspecified atom stereocenters. The van der Waals surface area contributed by atoms with E-state index in [0.717, 1.165) is 55.7 Å². The number of rotatable bonds is 4. The minimum absolute atomic E-state index is 0.214. The second kappa shape index (κ2) is 11.1. The summed E-state index contributed by atoms with van der Waals surface area (Å²) in [5.41, 5.74) is 15.2. The topological polar surface area (TPSA) is 43.9 Å². The number of fused-ring (bicyclic) bond motifs is 9. The second-order valence-corrected chi connectivity index (χ2v) is 14.6. The summed E-state index contributed by atoms with van der Waals surface area (Å²) in [5.74, 6) is 0.696. The van der Waals surface area contributed by atoms with E-state index in [1.165, 1.54) is 44.1 Å². The number of hydrogen-bond acceptors (Lipinski definition) is 3. The van der Waals surface area contributed by atoms with E-state index in [0.29, 0.717) is 5.82 Å². The van der Waals surface area contributed by atoms with Gasteiger partial charge in [-0.05, 0) is 76.9 Å². The van der Waals surface area contributed by atoms with Crippen LogP contribution in [0.4, 0.5) is 0 Å². The van der Waals surface area contributed by atoms with E-state index >= 15 is 0 Å². The number of benzene rings is 7. The molecule has 250 valence electrons. The zero-order chi connectivity index (χ0) is 35.3. The van der Waals surface area contributed by atoms with Gasteiger partial charge < -0.3 is 8.98 Å². The number of nitrogens with zero attached hydrogens (tertiary/aromatic N) is 3. The molecule has 0 bridgehead atoms. The van der Waals surface area contributed by atoms with Gasteiger partial charge in [-0.2, -0.15) is 0 Å². The van der Waals surface area contributed by atoms with Crippen LogP contribution in [0.3, 0.4) is 0 Å². The summed E-state index contributed by atoms with van der Waals surface area (Å²) >= 11 is 0. The predicted molar refractivity (Wildman–Crippen MR) is 218 cm³/mol. The van der Waals surface area contributed by atoms with E-state index in [1.54, 1.807) is 0 Å². The van der Waals surface area contributed by atoms with Gasteiger partial charge in [-0.3, -0.25) is 0 Å². The molecule has 7 aromatic carbocycles. The maximum atomic E-state index is 6.37. The molecule has 0 saturated heterocycles. The molecule has 53 heavy (non-hydrogen) atoms. The van der Waals surface area contributed by atoms with E-state index in [-0.39, 0.29) is 5.41 Å². The standard InChI is InChI=1S/C49H33N3O/c1-49(2)40-27-45-38(25-36(40)37-26-39-35-21-10-12-23-46(35)53-47(39)28-41(37)49)34-20-9-11-22-44(34)52(45)33-19-13-18-32(24-33)48-50-42(30-14-5-3-6-15-30)29-43(51-48)31-16-7-4-8-17-31/h3-29H,1-2H3. The average molecular weight is 680 g/mol. The monoisotopic (exact) mass is 679 g/mol. The van der Waals surface area contributed by atoms with Crippen molar-refractivity contribution in [2.24, 2.45) is 0 Å². The summed E-state index contributed by atoms with van der Waals surface area (Å²) < 4.78 is 8.77. The van der Waals surface area contributed by atoms with Gasteiger partial charge in [-0.15, -0.1) is 0 Å².